The molecule has 1 fully saturated rings. The average Bonchev–Trinajstić information content (AvgIpc) is 2.29. The summed E-state index contributed by atoms with van der Waals surface area (Å²) in [5.41, 5.74) is 1.06. The molecule has 3 nitrogen and oxygen atoms in total. The van der Waals surface area contributed by atoms with Crippen molar-refractivity contribution in [2.45, 2.75) is 19.4 Å². The Hall–Kier alpha value is -0.870. The first-order valence-corrected chi connectivity index (χ1v) is 6.71. The Morgan fingerprint density at radius 1 is 1.59 bits per heavy atom. The molecule has 1 saturated heterocycles. The summed E-state index contributed by atoms with van der Waals surface area (Å²) in [5, 5.41) is 3.29. The number of benzene rings is 1. The molecule has 1 aliphatic rings. The van der Waals surface area contributed by atoms with Crippen LogP contribution in [-0.4, -0.2) is 36.5 Å². The number of rotatable bonds is 2. The number of carbonyl (C=O) groups excluding carboxylic acids is 1. The number of nitrogens with one attached hydrogen (secondary N) is 1. The van der Waals surface area contributed by atoms with Crippen LogP contribution < -0.4 is 5.32 Å². The maximum atomic E-state index is 12.2. The van der Waals surface area contributed by atoms with Gasteiger partial charge < -0.3 is 10.2 Å². The highest BCUT2D eigenvalue weighted by Gasteiger charge is 2.22. The van der Waals surface area contributed by atoms with Gasteiger partial charge in [0.05, 0.1) is 6.42 Å². The minimum absolute atomic E-state index is 0.220. The number of carbonyl (C=O) groups is 1. The summed E-state index contributed by atoms with van der Waals surface area (Å²) < 4.78 is 1.02. The van der Waals surface area contributed by atoms with Crippen LogP contribution in [0.5, 0.6) is 0 Å². The predicted molar refractivity (Wildman–Crippen MR) is 71.9 cm³/mol. The van der Waals surface area contributed by atoms with Gasteiger partial charge in [0.2, 0.25) is 5.91 Å². The lowest BCUT2D eigenvalue weighted by Gasteiger charge is -2.34. The maximum absolute atomic E-state index is 12.2. The highest BCUT2D eigenvalue weighted by atomic mass is 79.9. The van der Waals surface area contributed by atoms with Crippen LogP contribution in [0, 0.1) is 0 Å². The fraction of sp³-hybridized carbons (Fsp3) is 0.462. The minimum Gasteiger partial charge on any atom is -0.337 e. The molecule has 1 aliphatic heterocycles. The largest absolute Gasteiger partial charge is 0.337 e. The second kappa shape index (κ2) is 5.65. The Labute approximate surface area is 110 Å². The molecular formula is C13H17BrN2O. The van der Waals surface area contributed by atoms with E-state index in [1.807, 2.05) is 29.2 Å². The summed E-state index contributed by atoms with van der Waals surface area (Å²) >= 11 is 3.43. The molecule has 0 aliphatic carbocycles. The number of piperazine rings is 1. The first-order chi connectivity index (χ1) is 8.16. The molecule has 0 saturated carbocycles. The molecule has 1 aromatic rings. The van der Waals surface area contributed by atoms with Gasteiger partial charge in [0.25, 0.3) is 0 Å². The standard InChI is InChI=1S/C13H17BrN2O/c1-10-9-15-5-6-16(10)13(17)8-11-3-2-4-12(14)7-11/h2-4,7,10,15H,5-6,8-9H2,1H3/t10-/m0/s1. The van der Waals surface area contributed by atoms with Crippen LogP contribution in [0.15, 0.2) is 28.7 Å². The highest BCUT2D eigenvalue weighted by Crippen LogP contribution is 2.14. The zero-order valence-corrected chi connectivity index (χ0v) is 11.5. The fourth-order valence-corrected chi connectivity index (χ4v) is 2.58. The van der Waals surface area contributed by atoms with E-state index in [2.05, 4.69) is 28.2 Å². The number of hydrogen-bond donors (Lipinski definition) is 1. The number of amides is 1. The summed E-state index contributed by atoms with van der Waals surface area (Å²) in [4.78, 5) is 14.1. The lowest BCUT2D eigenvalue weighted by molar-refractivity contribution is -0.133. The molecule has 1 atom stereocenters. The van der Waals surface area contributed by atoms with Crippen molar-refractivity contribution in [2.75, 3.05) is 19.6 Å². The lowest BCUT2D eigenvalue weighted by atomic mass is 10.1. The minimum atomic E-state index is 0.220. The molecule has 17 heavy (non-hydrogen) atoms. The van der Waals surface area contributed by atoms with Crippen LogP contribution in [0.1, 0.15) is 12.5 Å². The normalized spacial score (nSPS) is 20.4. The van der Waals surface area contributed by atoms with E-state index < -0.39 is 0 Å². The SMILES string of the molecule is C[C@H]1CNCCN1C(=O)Cc1cccc(Br)c1. The molecule has 1 amide bonds. The van der Waals surface area contributed by atoms with Crippen molar-refractivity contribution >= 4 is 21.8 Å². The molecule has 0 radical (unpaired) electrons. The molecule has 0 unspecified atom stereocenters. The van der Waals surface area contributed by atoms with Crippen molar-refractivity contribution in [3.8, 4) is 0 Å². The van der Waals surface area contributed by atoms with Gasteiger partial charge in [-0.05, 0) is 24.6 Å². The Kier molecular flexibility index (Phi) is 4.18. The molecule has 0 spiro atoms. The fourth-order valence-electron chi connectivity index (χ4n) is 2.13. The van der Waals surface area contributed by atoms with Gasteiger partial charge >= 0.3 is 0 Å². The molecule has 1 heterocycles. The summed E-state index contributed by atoms with van der Waals surface area (Å²) in [6.45, 7) is 4.69. The predicted octanol–water partition coefficient (Wildman–Crippen LogP) is 1.81. The van der Waals surface area contributed by atoms with E-state index in [-0.39, 0.29) is 5.91 Å². The Morgan fingerprint density at radius 3 is 3.12 bits per heavy atom. The van der Waals surface area contributed by atoms with Gasteiger partial charge in [-0.15, -0.1) is 0 Å². The van der Waals surface area contributed by atoms with E-state index in [9.17, 15) is 4.79 Å². The van der Waals surface area contributed by atoms with E-state index in [0.29, 0.717) is 12.5 Å². The third-order valence-electron chi connectivity index (χ3n) is 3.07. The summed E-state index contributed by atoms with van der Waals surface area (Å²) in [7, 11) is 0. The molecule has 1 aromatic carbocycles. The van der Waals surface area contributed by atoms with E-state index in [0.717, 1.165) is 29.7 Å². The molecule has 1 N–H and O–H groups in total. The van der Waals surface area contributed by atoms with Gasteiger partial charge in [0.15, 0.2) is 0 Å². The van der Waals surface area contributed by atoms with Crippen LogP contribution >= 0.6 is 15.9 Å². The van der Waals surface area contributed by atoms with Crippen molar-refractivity contribution in [3.63, 3.8) is 0 Å². The number of hydrogen-bond acceptors (Lipinski definition) is 2. The third-order valence-corrected chi connectivity index (χ3v) is 3.56. The zero-order chi connectivity index (χ0) is 12.3. The van der Waals surface area contributed by atoms with Gasteiger partial charge in [-0.2, -0.15) is 0 Å². The van der Waals surface area contributed by atoms with Gasteiger partial charge in [-0.25, -0.2) is 0 Å². The number of halogens is 1. The highest BCUT2D eigenvalue weighted by molar-refractivity contribution is 9.10. The Morgan fingerprint density at radius 2 is 2.41 bits per heavy atom. The maximum Gasteiger partial charge on any atom is 0.227 e. The van der Waals surface area contributed by atoms with Crippen molar-refractivity contribution in [1.82, 2.24) is 10.2 Å². The molecule has 0 bridgehead atoms. The van der Waals surface area contributed by atoms with E-state index in [1.165, 1.54) is 0 Å². The van der Waals surface area contributed by atoms with Crippen molar-refractivity contribution in [1.29, 1.82) is 0 Å². The van der Waals surface area contributed by atoms with Crippen molar-refractivity contribution in [3.05, 3.63) is 34.3 Å². The van der Waals surface area contributed by atoms with Crippen LogP contribution in [-0.2, 0) is 11.2 Å². The van der Waals surface area contributed by atoms with E-state index >= 15 is 0 Å². The van der Waals surface area contributed by atoms with E-state index in [1.54, 1.807) is 0 Å². The molecular weight excluding hydrogens is 280 g/mol. The average molecular weight is 297 g/mol. The van der Waals surface area contributed by atoms with Crippen LogP contribution in [0.3, 0.4) is 0 Å². The molecule has 0 aromatic heterocycles. The topological polar surface area (TPSA) is 32.3 Å². The van der Waals surface area contributed by atoms with Gasteiger partial charge in [-0.3, -0.25) is 4.79 Å². The monoisotopic (exact) mass is 296 g/mol. The third kappa shape index (κ3) is 3.30. The summed E-state index contributed by atoms with van der Waals surface area (Å²) in [5.74, 6) is 0.220. The van der Waals surface area contributed by atoms with Crippen molar-refractivity contribution in [2.24, 2.45) is 0 Å². The first-order valence-electron chi connectivity index (χ1n) is 5.91. The van der Waals surface area contributed by atoms with Crippen LogP contribution in [0.2, 0.25) is 0 Å². The summed E-state index contributed by atoms with van der Waals surface area (Å²) in [6, 6.07) is 8.23. The summed E-state index contributed by atoms with van der Waals surface area (Å²) in [6.07, 6.45) is 0.490. The molecule has 4 heteroatoms. The van der Waals surface area contributed by atoms with Gasteiger partial charge in [0, 0.05) is 30.1 Å². The molecule has 92 valence electrons. The zero-order valence-electron chi connectivity index (χ0n) is 9.95. The van der Waals surface area contributed by atoms with Gasteiger partial charge in [0.1, 0.15) is 0 Å². The quantitative estimate of drug-likeness (QED) is 0.903. The molecule has 2 rings (SSSR count). The van der Waals surface area contributed by atoms with Crippen LogP contribution in [0.25, 0.3) is 0 Å². The van der Waals surface area contributed by atoms with Crippen LogP contribution in [0.4, 0.5) is 0 Å². The Bertz CT molecular complexity index is 408. The lowest BCUT2D eigenvalue weighted by Crippen LogP contribution is -2.52. The number of nitrogens with zero attached hydrogens (tertiary/aromatic N) is 1. The first kappa shape index (κ1) is 12.6. The Balaban J connectivity index is 2.01. The second-order valence-electron chi connectivity index (χ2n) is 4.45. The van der Waals surface area contributed by atoms with E-state index in [4.69, 9.17) is 0 Å². The van der Waals surface area contributed by atoms with Crippen molar-refractivity contribution < 1.29 is 4.79 Å². The smallest absolute Gasteiger partial charge is 0.227 e. The second-order valence-corrected chi connectivity index (χ2v) is 5.36. The van der Waals surface area contributed by atoms with Gasteiger partial charge in [-0.1, -0.05) is 28.1 Å².